The van der Waals surface area contributed by atoms with Crippen LogP contribution in [0.1, 0.15) is 45.1 Å². The molecule has 0 bridgehead atoms. The highest BCUT2D eigenvalue weighted by Crippen LogP contribution is 2.14. The average Bonchev–Trinajstić information content (AvgIpc) is 2.53. The molecule has 3 heteroatoms. The second-order valence-electron chi connectivity index (χ2n) is 5.38. The lowest BCUT2D eigenvalue weighted by Gasteiger charge is -2.18. The molecule has 0 amide bonds. The van der Waals surface area contributed by atoms with E-state index in [0.717, 1.165) is 38.3 Å². The van der Waals surface area contributed by atoms with E-state index in [-0.39, 0.29) is 0 Å². The first-order valence-corrected chi connectivity index (χ1v) is 8.24. The first kappa shape index (κ1) is 18.0. The molecule has 1 aromatic carbocycles. The number of ether oxygens (including phenoxy) is 2. The molecule has 0 saturated carbocycles. The normalized spacial score (nSPS) is 12.3. The largest absolute Gasteiger partial charge is 0.497 e. The van der Waals surface area contributed by atoms with Gasteiger partial charge in [-0.25, -0.2) is 0 Å². The lowest BCUT2D eigenvalue weighted by atomic mass is 10.0. The summed E-state index contributed by atoms with van der Waals surface area (Å²) in [6.07, 6.45) is 5.80. The van der Waals surface area contributed by atoms with Gasteiger partial charge in [-0.05, 0) is 63.3 Å². The van der Waals surface area contributed by atoms with Crippen LogP contribution in [-0.4, -0.2) is 32.9 Å². The second kappa shape index (κ2) is 11.6. The Bertz CT molecular complexity index is 351. The van der Waals surface area contributed by atoms with Crippen molar-refractivity contribution in [3.8, 4) is 5.75 Å². The first-order chi connectivity index (χ1) is 10.3. The molecule has 3 nitrogen and oxygen atoms in total. The highest BCUT2D eigenvalue weighted by molar-refractivity contribution is 5.27. The molecule has 1 atom stereocenters. The van der Waals surface area contributed by atoms with Crippen LogP contribution in [0.2, 0.25) is 0 Å². The van der Waals surface area contributed by atoms with Crippen LogP contribution < -0.4 is 10.1 Å². The summed E-state index contributed by atoms with van der Waals surface area (Å²) in [5, 5.41) is 3.66. The summed E-state index contributed by atoms with van der Waals surface area (Å²) in [5.74, 6) is 0.927. The molecule has 1 aromatic rings. The van der Waals surface area contributed by atoms with Crippen LogP contribution in [0, 0.1) is 0 Å². The SMILES string of the molecule is CCCNC(CCCOCC)CCc1ccc(OC)cc1. The molecule has 0 aliphatic heterocycles. The molecule has 1 N–H and O–H groups in total. The highest BCUT2D eigenvalue weighted by Gasteiger charge is 2.08. The van der Waals surface area contributed by atoms with E-state index in [2.05, 4.69) is 31.3 Å². The van der Waals surface area contributed by atoms with Gasteiger partial charge >= 0.3 is 0 Å². The number of hydrogen-bond acceptors (Lipinski definition) is 3. The molecule has 0 aromatic heterocycles. The summed E-state index contributed by atoms with van der Waals surface area (Å²) in [6, 6.07) is 9.00. The summed E-state index contributed by atoms with van der Waals surface area (Å²) in [7, 11) is 1.71. The van der Waals surface area contributed by atoms with Crippen molar-refractivity contribution in [1.29, 1.82) is 0 Å². The Balaban J connectivity index is 2.35. The van der Waals surface area contributed by atoms with Gasteiger partial charge in [0, 0.05) is 19.3 Å². The number of methoxy groups -OCH3 is 1. The molecule has 0 radical (unpaired) electrons. The van der Waals surface area contributed by atoms with Crippen molar-refractivity contribution < 1.29 is 9.47 Å². The van der Waals surface area contributed by atoms with Gasteiger partial charge in [0.1, 0.15) is 5.75 Å². The molecule has 0 spiro atoms. The third-order valence-corrected chi connectivity index (χ3v) is 3.67. The van der Waals surface area contributed by atoms with Crippen molar-refractivity contribution >= 4 is 0 Å². The quantitative estimate of drug-likeness (QED) is 0.594. The zero-order valence-corrected chi connectivity index (χ0v) is 13.9. The lowest BCUT2D eigenvalue weighted by Crippen LogP contribution is -2.30. The molecule has 21 heavy (non-hydrogen) atoms. The fourth-order valence-corrected chi connectivity index (χ4v) is 2.41. The smallest absolute Gasteiger partial charge is 0.118 e. The maximum atomic E-state index is 5.44. The van der Waals surface area contributed by atoms with Gasteiger partial charge in [0.2, 0.25) is 0 Å². The summed E-state index contributed by atoms with van der Waals surface area (Å²) in [4.78, 5) is 0. The van der Waals surface area contributed by atoms with Crippen molar-refractivity contribution in [2.45, 2.75) is 52.0 Å². The van der Waals surface area contributed by atoms with Gasteiger partial charge in [0.05, 0.1) is 7.11 Å². The fraction of sp³-hybridized carbons (Fsp3) is 0.667. The number of aryl methyl sites for hydroxylation is 1. The number of nitrogens with one attached hydrogen (secondary N) is 1. The number of benzene rings is 1. The topological polar surface area (TPSA) is 30.5 Å². The predicted octanol–water partition coefficient (Wildman–Crippen LogP) is 3.81. The highest BCUT2D eigenvalue weighted by atomic mass is 16.5. The Hall–Kier alpha value is -1.06. The Labute approximate surface area is 130 Å². The summed E-state index contributed by atoms with van der Waals surface area (Å²) in [6.45, 7) is 7.06. The van der Waals surface area contributed by atoms with Gasteiger partial charge < -0.3 is 14.8 Å². The van der Waals surface area contributed by atoms with Crippen LogP contribution in [0.15, 0.2) is 24.3 Å². The summed E-state index contributed by atoms with van der Waals surface area (Å²) < 4.78 is 10.6. The number of hydrogen-bond donors (Lipinski definition) is 1. The molecule has 0 aliphatic rings. The fourth-order valence-electron chi connectivity index (χ4n) is 2.41. The number of rotatable bonds is 12. The van der Waals surface area contributed by atoms with E-state index < -0.39 is 0 Å². The van der Waals surface area contributed by atoms with Crippen LogP contribution in [0.4, 0.5) is 0 Å². The molecule has 0 heterocycles. The van der Waals surface area contributed by atoms with Gasteiger partial charge in [0.25, 0.3) is 0 Å². The average molecular weight is 293 g/mol. The third-order valence-electron chi connectivity index (χ3n) is 3.67. The van der Waals surface area contributed by atoms with Gasteiger partial charge in [-0.15, -0.1) is 0 Å². The third kappa shape index (κ3) is 8.08. The van der Waals surface area contributed by atoms with Crippen molar-refractivity contribution in [3.63, 3.8) is 0 Å². The van der Waals surface area contributed by atoms with Crippen molar-refractivity contribution in [1.82, 2.24) is 5.32 Å². The van der Waals surface area contributed by atoms with E-state index in [9.17, 15) is 0 Å². The van der Waals surface area contributed by atoms with E-state index in [1.165, 1.54) is 24.8 Å². The minimum atomic E-state index is 0.590. The van der Waals surface area contributed by atoms with E-state index in [4.69, 9.17) is 9.47 Å². The predicted molar refractivity (Wildman–Crippen MR) is 89.1 cm³/mol. The Morgan fingerprint density at radius 1 is 1.10 bits per heavy atom. The molecule has 120 valence electrons. The summed E-state index contributed by atoms with van der Waals surface area (Å²) in [5.41, 5.74) is 1.38. The van der Waals surface area contributed by atoms with Gasteiger partial charge in [0.15, 0.2) is 0 Å². The molecule has 0 saturated heterocycles. The van der Waals surface area contributed by atoms with E-state index in [0.29, 0.717) is 6.04 Å². The minimum Gasteiger partial charge on any atom is -0.497 e. The van der Waals surface area contributed by atoms with Gasteiger partial charge in [-0.3, -0.25) is 0 Å². The Morgan fingerprint density at radius 2 is 1.86 bits per heavy atom. The maximum Gasteiger partial charge on any atom is 0.118 e. The molecular weight excluding hydrogens is 262 g/mol. The molecule has 0 aliphatic carbocycles. The first-order valence-electron chi connectivity index (χ1n) is 8.24. The van der Waals surface area contributed by atoms with Crippen LogP contribution in [0.3, 0.4) is 0 Å². The minimum absolute atomic E-state index is 0.590. The monoisotopic (exact) mass is 293 g/mol. The van der Waals surface area contributed by atoms with E-state index in [1.807, 2.05) is 12.1 Å². The molecular formula is C18H31NO2. The van der Waals surface area contributed by atoms with Gasteiger partial charge in [-0.1, -0.05) is 19.1 Å². The molecule has 1 unspecified atom stereocenters. The van der Waals surface area contributed by atoms with Crippen LogP contribution in [-0.2, 0) is 11.2 Å². The van der Waals surface area contributed by atoms with E-state index >= 15 is 0 Å². The van der Waals surface area contributed by atoms with Crippen molar-refractivity contribution in [2.24, 2.45) is 0 Å². The lowest BCUT2D eigenvalue weighted by molar-refractivity contribution is 0.140. The Kier molecular flexibility index (Phi) is 9.92. The van der Waals surface area contributed by atoms with Crippen LogP contribution >= 0.6 is 0 Å². The van der Waals surface area contributed by atoms with Crippen molar-refractivity contribution in [2.75, 3.05) is 26.9 Å². The summed E-state index contributed by atoms with van der Waals surface area (Å²) >= 11 is 0. The van der Waals surface area contributed by atoms with Crippen LogP contribution in [0.5, 0.6) is 5.75 Å². The standard InChI is InChI=1S/C18H31NO2/c1-4-14-19-17(7-6-15-21-5-2)11-8-16-9-12-18(20-3)13-10-16/h9-10,12-13,17,19H,4-8,11,14-15H2,1-3H3. The molecule has 0 fully saturated rings. The maximum absolute atomic E-state index is 5.44. The second-order valence-corrected chi connectivity index (χ2v) is 5.38. The Morgan fingerprint density at radius 3 is 2.48 bits per heavy atom. The zero-order chi connectivity index (χ0) is 15.3. The van der Waals surface area contributed by atoms with E-state index in [1.54, 1.807) is 7.11 Å². The van der Waals surface area contributed by atoms with Crippen LogP contribution in [0.25, 0.3) is 0 Å². The van der Waals surface area contributed by atoms with Gasteiger partial charge in [-0.2, -0.15) is 0 Å². The van der Waals surface area contributed by atoms with Crippen molar-refractivity contribution in [3.05, 3.63) is 29.8 Å². The molecule has 1 rings (SSSR count). The zero-order valence-electron chi connectivity index (χ0n) is 13.9.